The van der Waals surface area contributed by atoms with Gasteiger partial charge in [0, 0.05) is 35.2 Å². The standard InChI is InChI=1S/C30H37BrF9NO4/c1-3-5-14-23(43-18-10-16-27(32,33)28(34,35)29(36,37)30(38,39)40)21(31)12-9-15-25(44-17-6-4-2)45-24-19-20-11-7-8-13-22(20)41-26(24)42/h4,7-8,11,13,19,21,23,25H,2-3,5-6,9-10,12,14-18H2,1H3,(H,41,42). The maximum Gasteiger partial charge on any atom is 0.460 e. The molecule has 0 aliphatic carbocycles. The van der Waals surface area contributed by atoms with Gasteiger partial charge < -0.3 is 19.2 Å². The molecule has 3 atom stereocenters. The summed E-state index contributed by atoms with van der Waals surface area (Å²) in [6, 6.07) is 8.75. The summed E-state index contributed by atoms with van der Waals surface area (Å²) < 4.78 is 135. The lowest BCUT2D eigenvalue weighted by molar-refractivity contribution is -0.396. The molecule has 0 amide bonds. The molecule has 256 valence electrons. The van der Waals surface area contributed by atoms with Gasteiger partial charge in [0.25, 0.3) is 5.56 Å². The first kappa shape index (κ1) is 38.9. The molecular formula is C30H37BrF9NO4. The third kappa shape index (κ3) is 10.6. The van der Waals surface area contributed by atoms with Crippen LogP contribution in [0.1, 0.15) is 64.7 Å². The van der Waals surface area contributed by atoms with Crippen molar-refractivity contribution in [3.05, 3.63) is 53.3 Å². The fraction of sp³-hybridized carbons (Fsp3) is 0.633. The largest absolute Gasteiger partial charge is 0.460 e. The molecule has 0 fully saturated rings. The predicted molar refractivity (Wildman–Crippen MR) is 156 cm³/mol. The average molecular weight is 727 g/mol. The molecule has 0 aliphatic rings. The minimum atomic E-state index is -6.91. The molecule has 5 nitrogen and oxygen atoms in total. The number of halogens is 10. The Morgan fingerprint density at radius 3 is 2.24 bits per heavy atom. The topological polar surface area (TPSA) is 60.6 Å². The molecule has 1 aromatic carbocycles. The first-order valence-corrected chi connectivity index (χ1v) is 15.4. The Balaban J connectivity index is 1.98. The summed E-state index contributed by atoms with van der Waals surface area (Å²) in [7, 11) is 0. The number of para-hydroxylation sites is 1. The van der Waals surface area contributed by atoms with E-state index >= 15 is 0 Å². The van der Waals surface area contributed by atoms with Crippen molar-refractivity contribution in [2.24, 2.45) is 0 Å². The van der Waals surface area contributed by atoms with Gasteiger partial charge in [0.1, 0.15) is 0 Å². The molecule has 0 spiro atoms. The van der Waals surface area contributed by atoms with E-state index in [4.69, 9.17) is 14.2 Å². The van der Waals surface area contributed by atoms with Gasteiger partial charge in [-0.1, -0.05) is 60.0 Å². The number of nitrogens with one attached hydrogen (secondary N) is 1. The highest BCUT2D eigenvalue weighted by Gasteiger charge is 2.81. The Morgan fingerprint density at radius 1 is 0.911 bits per heavy atom. The van der Waals surface area contributed by atoms with Crippen molar-refractivity contribution >= 4 is 26.8 Å². The molecule has 0 radical (unpaired) electrons. The molecule has 2 aromatic rings. The summed E-state index contributed by atoms with van der Waals surface area (Å²) in [5.41, 5.74) is 0.193. The second-order valence-corrected chi connectivity index (χ2v) is 11.7. The quantitative estimate of drug-likeness (QED) is 0.0458. The number of benzene rings is 1. The molecule has 0 aliphatic heterocycles. The van der Waals surface area contributed by atoms with Crippen LogP contribution in [0.5, 0.6) is 5.75 Å². The fourth-order valence-electron chi connectivity index (χ4n) is 4.35. The van der Waals surface area contributed by atoms with Crippen molar-refractivity contribution in [3.63, 3.8) is 0 Å². The molecule has 1 aromatic heterocycles. The SMILES string of the molecule is C=CCCOC(CCCC(Br)C(CCCC)OCCCC(F)(F)C(F)(F)C(F)(F)C(F)(F)F)Oc1cc2ccccc2[nH]c1=O. The van der Waals surface area contributed by atoms with Crippen LogP contribution in [0.2, 0.25) is 0 Å². The molecule has 0 saturated carbocycles. The van der Waals surface area contributed by atoms with Crippen LogP contribution in [0.25, 0.3) is 10.9 Å². The normalized spacial score (nSPS) is 15.2. The smallest absolute Gasteiger partial charge is 0.459 e. The van der Waals surface area contributed by atoms with E-state index in [1.165, 1.54) is 0 Å². The number of H-pyrrole nitrogens is 1. The van der Waals surface area contributed by atoms with Crippen LogP contribution in [0, 0.1) is 0 Å². The summed E-state index contributed by atoms with van der Waals surface area (Å²) in [6.45, 7) is 5.24. The molecule has 45 heavy (non-hydrogen) atoms. The van der Waals surface area contributed by atoms with Gasteiger partial charge in [-0.3, -0.25) is 4.79 Å². The van der Waals surface area contributed by atoms with Crippen LogP contribution >= 0.6 is 15.9 Å². The van der Waals surface area contributed by atoms with Crippen molar-refractivity contribution in [2.75, 3.05) is 13.2 Å². The number of fused-ring (bicyclic) bond motifs is 1. The van der Waals surface area contributed by atoms with Crippen LogP contribution < -0.4 is 10.3 Å². The van der Waals surface area contributed by atoms with E-state index < -0.39 is 61.3 Å². The number of pyridine rings is 1. The highest BCUT2D eigenvalue weighted by atomic mass is 79.9. The molecule has 0 saturated heterocycles. The second kappa shape index (κ2) is 17.1. The highest BCUT2D eigenvalue weighted by Crippen LogP contribution is 2.54. The van der Waals surface area contributed by atoms with Crippen molar-refractivity contribution in [1.29, 1.82) is 0 Å². The Kier molecular flexibility index (Phi) is 14.7. The molecule has 1 heterocycles. The third-order valence-electron chi connectivity index (χ3n) is 6.95. The van der Waals surface area contributed by atoms with Crippen LogP contribution in [-0.4, -0.2) is 59.4 Å². The minimum Gasteiger partial charge on any atom is -0.459 e. The Bertz CT molecular complexity index is 1260. The molecule has 3 unspecified atom stereocenters. The summed E-state index contributed by atoms with van der Waals surface area (Å²) in [6.07, 6.45) is -5.80. The first-order chi connectivity index (χ1) is 21.0. The minimum absolute atomic E-state index is 0.0622. The number of alkyl halides is 10. The lowest BCUT2D eigenvalue weighted by Crippen LogP contribution is -2.60. The number of unbranched alkanes of at least 4 members (excludes halogenated alkanes) is 1. The molecule has 0 bridgehead atoms. The monoisotopic (exact) mass is 725 g/mol. The van der Waals surface area contributed by atoms with E-state index in [2.05, 4.69) is 27.5 Å². The van der Waals surface area contributed by atoms with Gasteiger partial charge in [0.05, 0.1) is 12.7 Å². The van der Waals surface area contributed by atoms with E-state index in [1.54, 1.807) is 24.3 Å². The van der Waals surface area contributed by atoms with Crippen molar-refractivity contribution in [2.45, 2.75) is 106 Å². The fourth-order valence-corrected chi connectivity index (χ4v) is 5.09. The molecule has 1 N–H and O–H groups in total. The van der Waals surface area contributed by atoms with Crippen molar-refractivity contribution in [3.8, 4) is 5.75 Å². The summed E-state index contributed by atoms with van der Waals surface area (Å²) in [5, 5.41) is 0.754. The number of ether oxygens (including phenoxy) is 3. The number of aromatic amines is 1. The Hall–Kier alpha value is -2.26. The summed E-state index contributed by atoms with van der Waals surface area (Å²) >= 11 is 3.50. The van der Waals surface area contributed by atoms with Crippen LogP contribution in [0.4, 0.5) is 39.5 Å². The van der Waals surface area contributed by atoms with E-state index in [1.807, 2.05) is 19.1 Å². The number of rotatable bonds is 21. The molecule has 2 rings (SSSR count). The van der Waals surface area contributed by atoms with Gasteiger partial charge in [-0.15, -0.1) is 6.58 Å². The molecule has 15 heteroatoms. The average Bonchev–Trinajstić information content (AvgIpc) is 2.96. The van der Waals surface area contributed by atoms with Crippen LogP contribution in [0.15, 0.2) is 47.8 Å². The zero-order valence-electron chi connectivity index (χ0n) is 24.6. The van der Waals surface area contributed by atoms with E-state index in [-0.39, 0.29) is 17.2 Å². The lowest BCUT2D eigenvalue weighted by Gasteiger charge is -2.33. The first-order valence-electron chi connectivity index (χ1n) is 14.5. The van der Waals surface area contributed by atoms with E-state index in [9.17, 15) is 44.3 Å². The number of aromatic nitrogens is 1. The van der Waals surface area contributed by atoms with Crippen LogP contribution in [0.3, 0.4) is 0 Å². The predicted octanol–water partition coefficient (Wildman–Crippen LogP) is 9.58. The van der Waals surface area contributed by atoms with Gasteiger partial charge in [-0.25, -0.2) is 0 Å². The van der Waals surface area contributed by atoms with Crippen LogP contribution in [-0.2, 0) is 9.47 Å². The number of hydrogen-bond acceptors (Lipinski definition) is 4. The highest BCUT2D eigenvalue weighted by molar-refractivity contribution is 9.09. The zero-order chi connectivity index (χ0) is 33.9. The van der Waals surface area contributed by atoms with Gasteiger partial charge in [0.2, 0.25) is 0 Å². The van der Waals surface area contributed by atoms with E-state index in [0.29, 0.717) is 44.0 Å². The van der Waals surface area contributed by atoms with Crippen molar-refractivity contribution in [1.82, 2.24) is 4.98 Å². The Labute approximate surface area is 263 Å². The molecular weight excluding hydrogens is 689 g/mol. The number of hydrogen-bond donors (Lipinski definition) is 1. The zero-order valence-corrected chi connectivity index (χ0v) is 26.2. The lowest BCUT2D eigenvalue weighted by atomic mass is 10.00. The van der Waals surface area contributed by atoms with Gasteiger partial charge in [-0.05, 0) is 44.2 Å². The second-order valence-electron chi connectivity index (χ2n) is 10.5. The maximum absolute atomic E-state index is 13.9. The van der Waals surface area contributed by atoms with Gasteiger partial charge in [-0.2, -0.15) is 39.5 Å². The van der Waals surface area contributed by atoms with Gasteiger partial charge >= 0.3 is 23.9 Å². The Morgan fingerprint density at radius 2 is 1.60 bits per heavy atom. The maximum atomic E-state index is 13.9. The summed E-state index contributed by atoms with van der Waals surface area (Å²) in [4.78, 5) is 14.9. The third-order valence-corrected chi connectivity index (χ3v) is 7.99. The van der Waals surface area contributed by atoms with Crippen molar-refractivity contribution < 1.29 is 53.7 Å². The van der Waals surface area contributed by atoms with Gasteiger partial charge in [0.15, 0.2) is 12.0 Å². The van der Waals surface area contributed by atoms with E-state index in [0.717, 1.165) is 11.8 Å². The summed E-state index contributed by atoms with van der Waals surface area (Å²) in [5.74, 6) is -19.1.